The van der Waals surface area contributed by atoms with Gasteiger partial charge in [0.05, 0.1) is 24.4 Å². The number of anilines is 1. The van der Waals surface area contributed by atoms with Crippen LogP contribution in [0.1, 0.15) is 16.7 Å². The molecule has 0 bridgehead atoms. The van der Waals surface area contributed by atoms with Gasteiger partial charge < -0.3 is 9.47 Å². The van der Waals surface area contributed by atoms with Crippen molar-refractivity contribution in [2.24, 2.45) is 0 Å². The van der Waals surface area contributed by atoms with Crippen LogP contribution in [-0.2, 0) is 4.79 Å². The van der Waals surface area contributed by atoms with Crippen molar-refractivity contribution in [2.75, 3.05) is 19.5 Å². The normalized spacial score (nSPS) is 11.1. The maximum absolute atomic E-state index is 12.3. The number of fused-ring (bicyclic) bond motifs is 1. The van der Waals surface area contributed by atoms with E-state index in [-0.39, 0.29) is 5.91 Å². The van der Waals surface area contributed by atoms with Crippen LogP contribution in [0.4, 0.5) is 5.13 Å². The molecule has 0 saturated heterocycles. The van der Waals surface area contributed by atoms with Gasteiger partial charge in [-0.1, -0.05) is 17.4 Å². The van der Waals surface area contributed by atoms with Crippen LogP contribution in [0.15, 0.2) is 36.4 Å². The number of hydrogen-bond donors (Lipinski definition) is 1. The first kappa shape index (κ1) is 17.9. The molecule has 0 aliphatic heterocycles. The number of carbonyl (C=O) groups is 1. The molecule has 0 spiro atoms. The van der Waals surface area contributed by atoms with Gasteiger partial charge in [-0.2, -0.15) is 0 Å². The zero-order valence-electron chi connectivity index (χ0n) is 15.1. The number of nitrogens with zero attached hydrogens (tertiary/aromatic N) is 1. The third kappa shape index (κ3) is 3.86. The smallest absolute Gasteiger partial charge is 0.250 e. The van der Waals surface area contributed by atoms with Gasteiger partial charge in [0.25, 0.3) is 0 Å². The number of methoxy groups -OCH3 is 2. The van der Waals surface area contributed by atoms with Gasteiger partial charge in [0.1, 0.15) is 11.5 Å². The lowest BCUT2D eigenvalue weighted by Gasteiger charge is -2.07. The fourth-order valence-corrected chi connectivity index (χ4v) is 3.75. The molecule has 3 aromatic rings. The Morgan fingerprint density at radius 1 is 1.15 bits per heavy atom. The standard InChI is InChI=1S/C20H20N2O3S/c1-12-9-13(2)19-17(10-12)26-20(22-19)21-18(23)8-5-14-11-15(24-3)6-7-16(14)25-4/h5-11H,1-4H3,(H,21,22,23)/b8-5+. The molecular formula is C20H20N2O3S. The largest absolute Gasteiger partial charge is 0.497 e. The summed E-state index contributed by atoms with van der Waals surface area (Å²) in [7, 11) is 3.18. The van der Waals surface area contributed by atoms with E-state index >= 15 is 0 Å². The second kappa shape index (κ2) is 7.58. The molecule has 0 atom stereocenters. The highest BCUT2D eigenvalue weighted by Crippen LogP contribution is 2.29. The minimum Gasteiger partial charge on any atom is -0.497 e. The molecule has 5 nitrogen and oxygen atoms in total. The summed E-state index contributed by atoms with van der Waals surface area (Å²) in [5.74, 6) is 1.12. The molecular weight excluding hydrogens is 348 g/mol. The van der Waals surface area contributed by atoms with Crippen LogP contribution in [0, 0.1) is 13.8 Å². The number of thiazole rings is 1. The number of hydrogen-bond acceptors (Lipinski definition) is 5. The van der Waals surface area contributed by atoms with E-state index in [1.54, 1.807) is 26.4 Å². The molecule has 3 rings (SSSR count). The van der Waals surface area contributed by atoms with Gasteiger partial charge in [-0.3, -0.25) is 10.1 Å². The van der Waals surface area contributed by atoms with Gasteiger partial charge in [-0.05, 0) is 55.3 Å². The number of rotatable bonds is 5. The zero-order chi connectivity index (χ0) is 18.7. The van der Waals surface area contributed by atoms with Crippen LogP contribution in [-0.4, -0.2) is 25.1 Å². The third-order valence-electron chi connectivity index (χ3n) is 3.91. The van der Waals surface area contributed by atoms with Gasteiger partial charge in [-0.15, -0.1) is 0 Å². The van der Waals surface area contributed by atoms with E-state index in [9.17, 15) is 4.79 Å². The Morgan fingerprint density at radius 2 is 1.96 bits per heavy atom. The topological polar surface area (TPSA) is 60.5 Å². The van der Waals surface area contributed by atoms with E-state index in [0.29, 0.717) is 16.6 Å². The van der Waals surface area contributed by atoms with Gasteiger partial charge in [0.2, 0.25) is 5.91 Å². The lowest BCUT2D eigenvalue weighted by molar-refractivity contribution is -0.111. The lowest BCUT2D eigenvalue weighted by Crippen LogP contribution is -2.07. The Labute approximate surface area is 156 Å². The monoisotopic (exact) mass is 368 g/mol. The molecule has 134 valence electrons. The Balaban J connectivity index is 1.79. The summed E-state index contributed by atoms with van der Waals surface area (Å²) >= 11 is 1.47. The zero-order valence-corrected chi connectivity index (χ0v) is 15.9. The average molecular weight is 368 g/mol. The second-order valence-corrected chi connectivity index (χ2v) is 6.91. The highest BCUT2D eigenvalue weighted by atomic mass is 32.1. The van der Waals surface area contributed by atoms with Crippen molar-refractivity contribution in [1.82, 2.24) is 4.98 Å². The van der Waals surface area contributed by atoms with Crippen molar-refractivity contribution >= 4 is 38.7 Å². The van der Waals surface area contributed by atoms with E-state index in [0.717, 1.165) is 21.3 Å². The number of aromatic nitrogens is 1. The Bertz CT molecular complexity index is 992. The lowest BCUT2D eigenvalue weighted by atomic mass is 10.1. The first-order valence-corrected chi connectivity index (χ1v) is 8.90. The fraction of sp³-hybridized carbons (Fsp3) is 0.200. The van der Waals surface area contributed by atoms with Crippen molar-refractivity contribution in [1.29, 1.82) is 0 Å². The molecule has 1 aromatic heterocycles. The average Bonchev–Trinajstić information content (AvgIpc) is 3.02. The minimum absolute atomic E-state index is 0.247. The van der Waals surface area contributed by atoms with Crippen LogP contribution in [0.2, 0.25) is 0 Å². The maximum Gasteiger partial charge on any atom is 0.250 e. The highest BCUT2D eigenvalue weighted by molar-refractivity contribution is 7.22. The SMILES string of the molecule is COc1ccc(OC)c(/C=C/C(=O)Nc2nc3c(C)cc(C)cc3s2)c1. The van der Waals surface area contributed by atoms with Crippen molar-refractivity contribution in [3.8, 4) is 11.5 Å². The summed E-state index contributed by atoms with van der Waals surface area (Å²) in [4.78, 5) is 16.8. The van der Waals surface area contributed by atoms with Gasteiger partial charge in [-0.25, -0.2) is 4.98 Å². The van der Waals surface area contributed by atoms with Crippen molar-refractivity contribution < 1.29 is 14.3 Å². The molecule has 6 heteroatoms. The summed E-state index contributed by atoms with van der Waals surface area (Å²) in [5.41, 5.74) is 3.97. The number of ether oxygens (including phenoxy) is 2. The Hall–Kier alpha value is -2.86. The maximum atomic E-state index is 12.3. The van der Waals surface area contributed by atoms with Crippen LogP contribution in [0.5, 0.6) is 11.5 Å². The van der Waals surface area contributed by atoms with Gasteiger partial charge in [0.15, 0.2) is 5.13 Å². The minimum atomic E-state index is -0.247. The molecule has 0 saturated carbocycles. The third-order valence-corrected chi connectivity index (χ3v) is 4.83. The van der Waals surface area contributed by atoms with Crippen LogP contribution in [0.25, 0.3) is 16.3 Å². The van der Waals surface area contributed by atoms with Gasteiger partial charge >= 0.3 is 0 Å². The van der Waals surface area contributed by atoms with Crippen molar-refractivity contribution in [3.63, 3.8) is 0 Å². The summed E-state index contributed by atoms with van der Waals surface area (Å²) in [6, 6.07) is 9.58. The molecule has 0 aliphatic rings. The van der Waals surface area contributed by atoms with Gasteiger partial charge in [0, 0.05) is 11.6 Å². The Morgan fingerprint density at radius 3 is 2.69 bits per heavy atom. The molecule has 1 N–H and O–H groups in total. The van der Waals surface area contributed by atoms with Crippen molar-refractivity contribution in [3.05, 3.63) is 53.1 Å². The number of aryl methyl sites for hydroxylation is 2. The molecule has 26 heavy (non-hydrogen) atoms. The molecule has 0 aliphatic carbocycles. The Kier molecular flexibility index (Phi) is 5.23. The first-order chi connectivity index (χ1) is 12.5. The summed E-state index contributed by atoms with van der Waals surface area (Å²) in [6.07, 6.45) is 3.15. The van der Waals surface area contributed by atoms with E-state index in [2.05, 4.69) is 29.4 Å². The number of benzene rings is 2. The van der Waals surface area contributed by atoms with Crippen LogP contribution < -0.4 is 14.8 Å². The molecule has 0 fully saturated rings. The predicted molar refractivity (Wildman–Crippen MR) is 106 cm³/mol. The molecule has 0 radical (unpaired) electrons. The van der Waals surface area contributed by atoms with E-state index < -0.39 is 0 Å². The molecule has 0 unspecified atom stereocenters. The second-order valence-electron chi connectivity index (χ2n) is 5.88. The molecule has 1 heterocycles. The highest BCUT2D eigenvalue weighted by Gasteiger charge is 2.09. The number of carbonyl (C=O) groups excluding carboxylic acids is 1. The van der Waals surface area contributed by atoms with Crippen molar-refractivity contribution in [2.45, 2.75) is 13.8 Å². The molecule has 1 amide bonds. The van der Waals surface area contributed by atoms with E-state index in [1.807, 2.05) is 19.1 Å². The van der Waals surface area contributed by atoms with E-state index in [4.69, 9.17) is 9.47 Å². The number of nitrogens with one attached hydrogen (secondary N) is 1. The predicted octanol–water partition coefficient (Wildman–Crippen LogP) is 4.58. The summed E-state index contributed by atoms with van der Waals surface area (Å²) < 4.78 is 11.6. The first-order valence-electron chi connectivity index (χ1n) is 8.09. The summed E-state index contributed by atoms with van der Waals surface area (Å²) in [6.45, 7) is 4.07. The fourth-order valence-electron chi connectivity index (χ4n) is 2.71. The molecule has 2 aromatic carbocycles. The van der Waals surface area contributed by atoms with Crippen LogP contribution in [0.3, 0.4) is 0 Å². The quantitative estimate of drug-likeness (QED) is 0.670. The number of amides is 1. The summed E-state index contributed by atoms with van der Waals surface area (Å²) in [5, 5.41) is 3.41. The van der Waals surface area contributed by atoms with E-state index in [1.165, 1.54) is 23.0 Å². The van der Waals surface area contributed by atoms with Crippen LogP contribution >= 0.6 is 11.3 Å².